The van der Waals surface area contributed by atoms with Crippen LogP contribution in [-0.4, -0.2) is 11.8 Å². The molecule has 0 unspecified atom stereocenters. The number of benzene rings is 1. The number of nitrogens with one attached hydrogen (secondary N) is 1. The molecule has 16 heavy (non-hydrogen) atoms. The van der Waals surface area contributed by atoms with E-state index in [4.69, 9.17) is 0 Å². The van der Waals surface area contributed by atoms with Gasteiger partial charge in [0.15, 0.2) is 11.6 Å². The van der Waals surface area contributed by atoms with Gasteiger partial charge in [0.05, 0.1) is 0 Å². The van der Waals surface area contributed by atoms with Crippen LogP contribution in [0, 0.1) is 11.6 Å². The van der Waals surface area contributed by atoms with E-state index in [0.29, 0.717) is 0 Å². The Kier molecular flexibility index (Phi) is 2.68. The lowest BCUT2D eigenvalue weighted by Crippen LogP contribution is -2.37. The van der Waals surface area contributed by atoms with Crippen LogP contribution in [0.15, 0.2) is 18.2 Å². The molecule has 3 nitrogen and oxygen atoms in total. The SMILES string of the molecule is O=C1CC(c2cccc(F)c2F)CC(=O)N1. The number of hydrogen-bond donors (Lipinski definition) is 1. The third-order valence-corrected chi connectivity index (χ3v) is 2.56. The first-order valence-corrected chi connectivity index (χ1v) is 4.84. The molecule has 1 aliphatic heterocycles. The molecule has 5 heteroatoms. The van der Waals surface area contributed by atoms with Gasteiger partial charge in [-0.25, -0.2) is 8.78 Å². The number of hydrogen-bond acceptors (Lipinski definition) is 2. The monoisotopic (exact) mass is 225 g/mol. The lowest BCUT2D eigenvalue weighted by molar-refractivity contribution is -0.133. The summed E-state index contributed by atoms with van der Waals surface area (Å²) in [6.07, 6.45) is 0.0121. The van der Waals surface area contributed by atoms with Crippen LogP contribution in [-0.2, 0) is 9.59 Å². The Balaban J connectivity index is 2.33. The second kappa shape index (κ2) is 4.00. The summed E-state index contributed by atoms with van der Waals surface area (Å²) in [5, 5.41) is 2.12. The fourth-order valence-electron chi connectivity index (χ4n) is 1.83. The van der Waals surface area contributed by atoms with Crippen molar-refractivity contribution in [1.82, 2.24) is 5.32 Å². The number of piperidine rings is 1. The number of carbonyl (C=O) groups excluding carboxylic acids is 2. The molecule has 1 aromatic carbocycles. The molecule has 2 amide bonds. The molecule has 1 fully saturated rings. The van der Waals surface area contributed by atoms with Crippen LogP contribution < -0.4 is 5.32 Å². The molecule has 0 aromatic heterocycles. The van der Waals surface area contributed by atoms with Gasteiger partial charge in [-0.05, 0) is 11.6 Å². The Morgan fingerprint density at radius 3 is 2.38 bits per heavy atom. The molecule has 2 rings (SSSR count). The Morgan fingerprint density at radius 2 is 1.75 bits per heavy atom. The zero-order valence-corrected chi connectivity index (χ0v) is 8.30. The lowest BCUT2D eigenvalue weighted by atomic mass is 9.89. The molecular weight excluding hydrogens is 216 g/mol. The maximum absolute atomic E-state index is 13.4. The van der Waals surface area contributed by atoms with Crippen LogP contribution >= 0.6 is 0 Å². The normalized spacial score (nSPS) is 17.4. The highest BCUT2D eigenvalue weighted by Crippen LogP contribution is 2.29. The average molecular weight is 225 g/mol. The van der Waals surface area contributed by atoms with E-state index in [1.165, 1.54) is 12.1 Å². The molecule has 0 saturated carbocycles. The van der Waals surface area contributed by atoms with E-state index in [1.54, 1.807) is 0 Å². The molecule has 1 N–H and O–H groups in total. The molecule has 0 bridgehead atoms. The van der Waals surface area contributed by atoms with Crippen molar-refractivity contribution in [2.45, 2.75) is 18.8 Å². The summed E-state index contributed by atoms with van der Waals surface area (Å²) in [6.45, 7) is 0. The van der Waals surface area contributed by atoms with Gasteiger partial charge in [0.2, 0.25) is 11.8 Å². The van der Waals surface area contributed by atoms with Gasteiger partial charge in [-0.1, -0.05) is 12.1 Å². The van der Waals surface area contributed by atoms with Gasteiger partial charge in [-0.3, -0.25) is 14.9 Å². The summed E-state index contributed by atoms with van der Waals surface area (Å²) in [5.74, 6) is -3.42. The second-order valence-electron chi connectivity index (χ2n) is 3.72. The number of imide groups is 1. The van der Waals surface area contributed by atoms with Crippen molar-refractivity contribution < 1.29 is 18.4 Å². The second-order valence-corrected chi connectivity index (χ2v) is 3.72. The Bertz CT molecular complexity index is 443. The van der Waals surface area contributed by atoms with Crippen molar-refractivity contribution in [2.24, 2.45) is 0 Å². The molecule has 0 spiro atoms. The van der Waals surface area contributed by atoms with Gasteiger partial charge in [-0.15, -0.1) is 0 Å². The van der Waals surface area contributed by atoms with E-state index in [2.05, 4.69) is 5.32 Å². The van der Waals surface area contributed by atoms with E-state index in [1.807, 2.05) is 0 Å². The highest BCUT2D eigenvalue weighted by molar-refractivity contribution is 5.98. The summed E-state index contributed by atoms with van der Waals surface area (Å²) in [7, 11) is 0. The summed E-state index contributed by atoms with van der Waals surface area (Å²) < 4.78 is 26.4. The minimum Gasteiger partial charge on any atom is -0.296 e. The molecule has 1 aliphatic rings. The molecule has 1 aromatic rings. The lowest BCUT2D eigenvalue weighted by Gasteiger charge is -2.21. The molecule has 1 saturated heterocycles. The molecule has 1 heterocycles. The van der Waals surface area contributed by atoms with Crippen molar-refractivity contribution in [1.29, 1.82) is 0 Å². The van der Waals surface area contributed by atoms with Crippen molar-refractivity contribution in [3.05, 3.63) is 35.4 Å². The topological polar surface area (TPSA) is 46.2 Å². The first-order chi connectivity index (χ1) is 7.58. The largest absolute Gasteiger partial charge is 0.296 e. The predicted molar refractivity (Wildman–Crippen MR) is 51.5 cm³/mol. The molecule has 0 atom stereocenters. The minimum atomic E-state index is -0.977. The summed E-state index contributed by atoms with van der Waals surface area (Å²) >= 11 is 0. The first kappa shape index (κ1) is 10.7. The quantitative estimate of drug-likeness (QED) is 0.736. The Labute approximate surface area is 90.5 Å². The fourth-order valence-corrected chi connectivity index (χ4v) is 1.83. The van der Waals surface area contributed by atoms with Crippen LogP contribution in [0.5, 0.6) is 0 Å². The molecular formula is C11H9F2NO2. The van der Waals surface area contributed by atoms with E-state index >= 15 is 0 Å². The number of amides is 2. The van der Waals surface area contributed by atoms with Gasteiger partial charge in [0, 0.05) is 18.8 Å². The van der Waals surface area contributed by atoms with Crippen LogP contribution in [0.3, 0.4) is 0 Å². The smallest absolute Gasteiger partial charge is 0.227 e. The maximum Gasteiger partial charge on any atom is 0.227 e. The van der Waals surface area contributed by atoms with Gasteiger partial charge in [0.25, 0.3) is 0 Å². The molecule has 0 radical (unpaired) electrons. The maximum atomic E-state index is 13.4. The number of halogens is 2. The summed E-state index contributed by atoms with van der Waals surface area (Å²) in [4.78, 5) is 22.2. The van der Waals surface area contributed by atoms with Crippen molar-refractivity contribution >= 4 is 11.8 Å². The highest BCUT2D eigenvalue weighted by atomic mass is 19.2. The predicted octanol–water partition coefficient (Wildman–Crippen LogP) is 1.48. The standard InChI is InChI=1S/C11H9F2NO2/c12-8-3-1-2-7(11(8)13)6-4-9(15)14-10(16)5-6/h1-3,6H,4-5H2,(H,14,15,16). The van der Waals surface area contributed by atoms with E-state index in [0.717, 1.165) is 6.07 Å². The van der Waals surface area contributed by atoms with Crippen molar-refractivity contribution in [3.63, 3.8) is 0 Å². The highest BCUT2D eigenvalue weighted by Gasteiger charge is 2.28. The molecule has 0 aliphatic carbocycles. The third-order valence-electron chi connectivity index (χ3n) is 2.56. The summed E-state index contributed by atoms with van der Waals surface area (Å²) in [5.41, 5.74) is 0.0863. The number of rotatable bonds is 1. The number of carbonyl (C=O) groups is 2. The van der Waals surface area contributed by atoms with E-state index in [9.17, 15) is 18.4 Å². The van der Waals surface area contributed by atoms with Crippen LogP contribution in [0.2, 0.25) is 0 Å². The Hall–Kier alpha value is -1.78. The van der Waals surface area contributed by atoms with Gasteiger partial charge >= 0.3 is 0 Å². The zero-order valence-electron chi connectivity index (χ0n) is 8.30. The van der Waals surface area contributed by atoms with Crippen molar-refractivity contribution in [3.8, 4) is 0 Å². The fraction of sp³-hybridized carbons (Fsp3) is 0.273. The zero-order chi connectivity index (χ0) is 11.7. The first-order valence-electron chi connectivity index (χ1n) is 4.84. The van der Waals surface area contributed by atoms with Crippen LogP contribution in [0.25, 0.3) is 0 Å². The van der Waals surface area contributed by atoms with Gasteiger partial charge < -0.3 is 0 Å². The third kappa shape index (κ3) is 1.93. The van der Waals surface area contributed by atoms with E-state index < -0.39 is 29.4 Å². The van der Waals surface area contributed by atoms with E-state index in [-0.39, 0.29) is 18.4 Å². The minimum absolute atomic E-state index is 0.00606. The van der Waals surface area contributed by atoms with Gasteiger partial charge in [-0.2, -0.15) is 0 Å². The van der Waals surface area contributed by atoms with Crippen LogP contribution in [0.1, 0.15) is 24.3 Å². The molecule has 84 valence electrons. The van der Waals surface area contributed by atoms with Crippen LogP contribution in [0.4, 0.5) is 8.78 Å². The summed E-state index contributed by atoms with van der Waals surface area (Å²) in [6, 6.07) is 3.77. The Morgan fingerprint density at radius 1 is 1.12 bits per heavy atom. The average Bonchev–Trinajstić information content (AvgIpc) is 2.20. The van der Waals surface area contributed by atoms with Gasteiger partial charge in [0.1, 0.15) is 0 Å². The van der Waals surface area contributed by atoms with Crippen molar-refractivity contribution in [2.75, 3.05) is 0 Å².